The van der Waals surface area contributed by atoms with Crippen LogP contribution in [0.1, 0.15) is 44.9 Å². The third-order valence-electron chi connectivity index (χ3n) is 4.69. The number of carbonyl (C=O) groups excluding carboxylic acids is 4. The van der Waals surface area contributed by atoms with Gasteiger partial charge < -0.3 is 37.8 Å². The van der Waals surface area contributed by atoms with Crippen LogP contribution >= 0.6 is 0 Å². The summed E-state index contributed by atoms with van der Waals surface area (Å²) in [6.45, 7) is 0.726. The van der Waals surface area contributed by atoms with Gasteiger partial charge in [0, 0.05) is 6.42 Å². The van der Waals surface area contributed by atoms with E-state index in [0.29, 0.717) is 32.2 Å². The first-order chi connectivity index (χ1) is 14.2. The lowest BCUT2D eigenvalue weighted by Gasteiger charge is -2.21. The van der Waals surface area contributed by atoms with E-state index in [1.807, 2.05) is 0 Å². The Labute approximate surface area is 174 Å². The first-order valence-electron chi connectivity index (χ1n) is 10.1. The molecule has 30 heavy (non-hydrogen) atoms. The minimum Gasteiger partial charge on any atom is -0.480 e. The zero-order valence-electron chi connectivity index (χ0n) is 16.9. The average Bonchev–Trinajstić information content (AvgIpc) is 3.23. The SMILES string of the molecule is NCCCCC(NC(=O)C1CCCN1)C(=O)NCC(=O)NC(CCC(N)=O)C(=O)O. The Balaban J connectivity index is 2.56. The molecule has 0 aliphatic carbocycles. The second-order valence-corrected chi connectivity index (χ2v) is 7.18. The number of primary amides is 1. The highest BCUT2D eigenvalue weighted by atomic mass is 16.4. The normalized spacial score (nSPS) is 17.6. The number of unbranched alkanes of at least 4 members (excludes halogenated alkanes) is 1. The van der Waals surface area contributed by atoms with Gasteiger partial charge in [-0.1, -0.05) is 0 Å². The minimum absolute atomic E-state index is 0.156. The van der Waals surface area contributed by atoms with Gasteiger partial charge in [0.15, 0.2) is 0 Å². The van der Waals surface area contributed by atoms with Crippen molar-refractivity contribution >= 4 is 29.6 Å². The lowest BCUT2D eigenvalue weighted by atomic mass is 10.1. The number of nitrogens with one attached hydrogen (secondary N) is 4. The van der Waals surface area contributed by atoms with Crippen LogP contribution in [-0.2, 0) is 24.0 Å². The van der Waals surface area contributed by atoms with Crippen LogP contribution in [0.3, 0.4) is 0 Å². The highest BCUT2D eigenvalue weighted by Gasteiger charge is 2.27. The van der Waals surface area contributed by atoms with E-state index in [1.54, 1.807) is 0 Å². The number of hydrogen-bond acceptors (Lipinski definition) is 7. The maximum Gasteiger partial charge on any atom is 0.326 e. The van der Waals surface area contributed by atoms with Gasteiger partial charge in [-0.05, 0) is 51.6 Å². The van der Waals surface area contributed by atoms with Crippen molar-refractivity contribution in [2.75, 3.05) is 19.6 Å². The Morgan fingerprint density at radius 3 is 2.37 bits per heavy atom. The maximum atomic E-state index is 12.5. The Hall–Kier alpha value is -2.73. The van der Waals surface area contributed by atoms with Crippen LogP contribution in [0.2, 0.25) is 0 Å². The summed E-state index contributed by atoms with van der Waals surface area (Å²) in [4.78, 5) is 58.8. The van der Waals surface area contributed by atoms with Gasteiger partial charge in [0.2, 0.25) is 23.6 Å². The van der Waals surface area contributed by atoms with Gasteiger partial charge in [-0.15, -0.1) is 0 Å². The monoisotopic (exact) mass is 428 g/mol. The number of aliphatic carboxylic acids is 1. The number of amides is 4. The van der Waals surface area contributed by atoms with Crippen molar-refractivity contribution in [1.82, 2.24) is 21.3 Å². The van der Waals surface area contributed by atoms with Crippen molar-refractivity contribution in [2.24, 2.45) is 11.5 Å². The molecule has 0 aromatic rings. The van der Waals surface area contributed by atoms with E-state index < -0.39 is 42.3 Å². The molecule has 1 fully saturated rings. The molecule has 0 aromatic heterocycles. The summed E-state index contributed by atoms with van der Waals surface area (Å²) in [7, 11) is 0. The molecule has 0 radical (unpaired) electrons. The van der Waals surface area contributed by atoms with Gasteiger partial charge in [0.25, 0.3) is 0 Å². The fraction of sp³-hybridized carbons (Fsp3) is 0.722. The molecule has 1 rings (SSSR count). The maximum absolute atomic E-state index is 12.5. The molecule has 0 spiro atoms. The number of rotatable bonds is 14. The van der Waals surface area contributed by atoms with Crippen LogP contribution in [0.4, 0.5) is 0 Å². The summed E-state index contributed by atoms with van der Waals surface area (Å²) >= 11 is 0. The Bertz CT molecular complexity index is 622. The zero-order valence-corrected chi connectivity index (χ0v) is 16.9. The summed E-state index contributed by atoms with van der Waals surface area (Å²) in [5.74, 6) is -3.55. The first kappa shape index (κ1) is 25.3. The van der Waals surface area contributed by atoms with E-state index in [2.05, 4.69) is 21.3 Å². The van der Waals surface area contributed by atoms with Gasteiger partial charge in [0.1, 0.15) is 12.1 Å². The Morgan fingerprint density at radius 2 is 1.80 bits per heavy atom. The summed E-state index contributed by atoms with van der Waals surface area (Å²) in [5.41, 5.74) is 10.5. The molecular formula is C18H32N6O6. The summed E-state index contributed by atoms with van der Waals surface area (Å²) in [5, 5.41) is 19.5. The predicted molar refractivity (Wildman–Crippen MR) is 107 cm³/mol. The predicted octanol–water partition coefficient (Wildman–Crippen LogP) is -2.70. The molecule has 1 aliphatic rings. The van der Waals surface area contributed by atoms with Crippen molar-refractivity contribution in [3.05, 3.63) is 0 Å². The van der Waals surface area contributed by atoms with Crippen molar-refractivity contribution < 1.29 is 29.1 Å². The van der Waals surface area contributed by atoms with Crippen molar-refractivity contribution in [2.45, 2.75) is 63.1 Å². The van der Waals surface area contributed by atoms with Crippen LogP contribution < -0.4 is 32.7 Å². The zero-order chi connectivity index (χ0) is 22.5. The van der Waals surface area contributed by atoms with Gasteiger partial charge in [-0.3, -0.25) is 19.2 Å². The number of nitrogens with two attached hydrogens (primary N) is 2. The molecule has 1 saturated heterocycles. The summed E-state index contributed by atoms with van der Waals surface area (Å²) in [6.07, 6.45) is 2.87. The standard InChI is InChI=1S/C18H32N6O6/c19-8-2-1-4-12(24-17(28)11-5-3-9-21-11)16(27)22-10-15(26)23-13(18(29)30)6-7-14(20)25/h11-13,21H,1-10,19H2,(H2,20,25)(H,22,27)(H,23,26)(H,24,28)(H,29,30). The summed E-state index contributed by atoms with van der Waals surface area (Å²) in [6, 6.07) is -2.47. The molecule has 1 heterocycles. The van der Waals surface area contributed by atoms with Gasteiger partial charge in [-0.2, -0.15) is 0 Å². The highest BCUT2D eigenvalue weighted by molar-refractivity contribution is 5.92. The van der Waals surface area contributed by atoms with Crippen LogP contribution in [0.5, 0.6) is 0 Å². The molecule has 3 atom stereocenters. The van der Waals surface area contributed by atoms with Crippen molar-refractivity contribution in [3.8, 4) is 0 Å². The lowest BCUT2D eigenvalue weighted by molar-refractivity contribution is -0.142. The van der Waals surface area contributed by atoms with Gasteiger partial charge >= 0.3 is 5.97 Å². The molecule has 0 saturated carbocycles. The third kappa shape index (κ3) is 9.65. The van der Waals surface area contributed by atoms with E-state index in [9.17, 15) is 24.0 Å². The second kappa shape index (κ2) is 13.5. The Kier molecular flexibility index (Phi) is 11.4. The molecule has 170 valence electrons. The third-order valence-corrected chi connectivity index (χ3v) is 4.69. The van der Waals surface area contributed by atoms with E-state index in [4.69, 9.17) is 16.6 Å². The topological polar surface area (TPSA) is 206 Å². The molecular weight excluding hydrogens is 396 g/mol. The van der Waals surface area contributed by atoms with Crippen LogP contribution in [-0.4, -0.2) is 72.5 Å². The largest absolute Gasteiger partial charge is 0.480 e. The Morgan fingerprint density at radius 1 is 1.07 bits per heavy atom. The van der Waals surface area contributed by atoms with E-state index in [0.717, 1.165) is 13.0 Å². The minimum atomic E-state index is -1.31. The molecule has 0 aromatic carbocycles. The van der Waals surface area contributed by atoms with Crippen LogP contribution in [0.15, 0.2) is 0 Å². The fourth-order valence-corrected chi connectivity index (χ4v) is 3.02. The van der Waals surface area contributed by atoms with E-state index >= 15 is 0 Å². The molecule has 0 bridgehead atoms. The molecule has 9 N–H and O–H groups in total. The second-order valence-electron chi connectivity index (χ2n) is 7.18. The van der Waals surface area contributed by atoms with Gasteiger partial charge in [-0.25, -0.2) is 4.79 Å². The quantitative estimate of drug-likeness (QED) is 0.145. The number of carbonyl (C=O) groups is 5. The molecule has 1 aliphatic heterocycles. The van der Waals surface area contributed by atoms with E-state index in [-0.39, 0.29) is 24.8 Å². The number of carboxylic acid groups (broad SMARTS) is 1. The molecule has 3 unspecified atom stereocenters. The number of hydrogen-bond donors (Lipinski definition) is 7. The van der Waals surface area contributed by atoms with E-state index in [1.165, 1.54) is 0 Å². The van der Waals surface area contributed by atoms with Gasteiger partial charge in [0.05, 0.1) is 12.6 Å². The highest BCUT2D eigenvalue weighted by Crippen LogP contribution is 2.07. The molecule has 12 nitrogen and oxygen atoms in total. The smallest absolute Gasteiger partial charge is 0.326 e. The van der Waals surface area contributed by atoms with Crippen molar-refractivity contribution in [3.63, 3.8) is 0 Å². The van der Waals surface area contributed by atoms with Crippen LogP contribution in [0.25, 0.3) is 0 Å². The first-order valence-corrected chi connectivity index (χ1v) is 10.1. The molecule has 4 amide bonds. The fourth-order valence-electron chi connectivity index (χ4n) is 3.02. The average molecular weight is 428 g/mol. The van der Waals surface area contributed by atoms with Crippen LogP contribution in [0, 0.1) is 0 Å². The number of carboxylic acids is 1. The lowest BCUT2D eigenvalue weighted by Crippen LogP contribution is -2.53. The summed E-state index contributed by atoms with van der Waals surface area (Å²) < 4.78 is 0. The molecule has 12 heteroatoms. The van der Waals surface area contributed by atoms with Crippen molar-refractivity contribution in [1.29, 1.82) is 0 Å².